The van der Waals surface area contributed by atoms with Crippen LogP contribution in [0.15, 0.2) is 35.3 Å². The van der Waals surface area contributed by atoms with Gasteiger partial charge >= 0.3 is 0 Å². The van der Waals surface area contributed by atoms with Crippen LogP contribution < -0.4 is 5.32 Å². The van der Waals surface area contributed by atoms with Crippen LogP contribution in [-0.2, 0) is 0 Å². The van der Waals surface area contributed by atoms with Gasteiger partial charge in [0.1, 0.15) is 0 Å². The Morgan fingerprint density at radius 2 is 2.00 bits per heavy atom. The van der Waals surface area contributed by atoms with Gasteiger partial charge < -0.3 is 5.32 Å². The van der Waals surface area contributed by atoms with E-state index in [1.165, 1.54) is 5.56 Å². The summed E-state index contributed by atoms with van der Waals surface area (Å²) in [7, 11) is 1.85. The van der Waals surface area contributed by atoms with Gasteiger partial charge in [0, 0.05) is 25.4 Å². The van der Waals surface area contributed by atoms with Crippen molar-refractivity contribution >= 4 is 5.84 Å². The maximum Gasteiger partial charge on any atom is 0.0968 e. The van der Waals surface area contributed by atoms with Crippen LogP contribution in [-0.4, -0.2) is 18.9 Å². The normalized spacial score (nSPS) is 29.1. The monoisotopic (exact) mass is 188 g/mol. The van der Waals surface area contributed by atoms with E-state index in [-0.39, 0.29) is 0 Å². The summed E-state index contributed by atoms with van der Waals surface area (Å²) in [5.74, 6) is 1.71. The predicted octanol–water partition coefficient (Wildman–Crippen LogP) is 2.18. The molecular formula is C12H16N2. The van der Waals surface area contributed by atoms with Gasteiger partial charge in [-0.25, -0.2) is 0 Å². The van der Waals surface area contributed by atoms with Gasteiger partial charge in [0.05, 0.1) is 5.84 Å². The summed E-state index contributed by atoms with van der Waals surface area (Å²) >= 11 is 0. The van der Waals surface area contributed by atoms with Gasteiger partial charge in [0.15, 0.2) is 0 Å². The number of amidine groups is 1. The Labute approximate surface area is 85.1 Å². The van der Waals surface area contributed by atoms with Gasteiger partial charge in [-0.1, -0.05) is 30.3 Å². The molecule has 74 valence electrons. The largest absolute Gasteiger partial charge is 0.371 e. The molecule has 1 aromatic rings. The highest BCUT2D eigenvalue weighted by Crippen LogP contribution is 2.28. The summed E-state index contributed by atoms with van der Waals surface area (Å²) in [6.45, 7) is 2.22. The van der Waals surface area contributed by atoms with Gasteiger partial charge in [-0.2, -0.15) is 0 Å². The van der Waals surface area contributed by atoms with Crippen LogP contribution in [0.3, 0.4) is 0 Å². The fourth-order valence-corrected chi connectivity index (χ4v) is 2.07. The number of hydrogen-bond donors (Lipinski definition) is 1. The first kappa shape index (κ1) is 9.25. The Morgan fingerprint density at radius 3 is 2.57 bits per heavy atom. The third-order valence-corrected chi connectivity index (χ3v) is 2.91. The molecule has 0 amide bonds. The van der Waals surface area contributed by atoms with E-state index in [1.807, 2.05) is 7.05 Å². The van der Waals surface area contributed by atoms with E-state index in [0.29, 0.717) is 12.0 Å². The smallest absolute Gasteiger partial charge is 0.0968 e. The average Bonchev–Trinajstić information content (AvgIpc) is 2.61. The molecule has 1 saturated heterocycles. The van der Waals surface area contributed by atoms with Crippen molar-refractivity contribution in [3.05, 3.63) is 35.9 Å². The van der Waals surface area contributed by atoms with Crippen molar-refractivity contribution < 1.29 is 0 Å². The van der Waals surface area contributed by atoms with Gasteiger partial charge in [0.2, 0.25) is 0 Å². The highest BCUT2D eigenvalue weighted by Gasteiger charge is 2.27. The van der Waals surface area contributed by atoms with Crippen molar-refractivity contribution in [2.45, 2.75) is 25.3 Å². The van der Waals surface area contributed by atoms with Crippen molar-refractivity contribution in [3.8, 4) is 0 Å². The summed E-state index contributed by atoms with van der Waals surface area (Å²) in [6, 6.07) is 11.1. The molecule has 2 nitrogen and oxygen atoms in total. The Balaban J connectivity index is 2.21. The van der Waals surface area contributed by atoms with Crippen LogP contribution in [0, 0.1) is 0 Å². The number of hydrogen-bond acceptors (Lipinski definition) is 1. The summed E-state index contributed by atoms with van der Waals surface area (Å²) < 4.78 is 0. The third kappa shape index (κ3) is 1.65. The topological polar surface area (TPSA) is 24.4 Å². The zero-order valence-electron chi connectivity index (χ0n) is 8.70. The predicted molar refractivity (Wildman–Crippen MR) is 59.8 cm³/mol. The second kappa shape index (κ2) is 3.82. The van der Waals surface area contributed by atoms with Crippen LogP contribution in [0.2, 0.25) is 0 Å². The standard InChI is InChI=1S/C12H16N2/c1-9-11(8-12(13-2)14-9)10-6-4-3-5-7-10/h3-7,9,11H,8H2,1-2H3,(H,13,14). The molecule has 0 radical (unpaired) electrons. The Morgan fingerprint density at radius 1 is 1.29 bits per heavy atom. The molecule has 2 rings (SSSR count). The molecular weight excluding hydrogens is 172 g/mol. The van der Waals surface area contributed by atoms with E-state index < -0.39 is 0 Å². The molecule has 1 aromatic carbocycles. The molecule has 0 bridgehead atoms. The van der Waals surface area contributed by atoms with Crippen molar-refractivity contribution in [2.75, 3.05) is 7.05 Å². The number of benzene rings is 1. The SMILES string of the molecule is CN=C1CC(c2ccccc2)C(C)N1. The lowest BCUT2D eigenvalue weighted by Crippen LogP contribution is -2.24. The fraction of sp³-hybridized carbons (Fsp3) is 0.417. The van der Waals surface area contributed by atoms with Crippen molar-refractivity contribution in [3.63, 3.8) is 0 Å². The van der Waals surface area contributed by atoms with E-state index in [2.05, 4.69) is 47.6 Å². The van der Waals surface area contributed by atoms with Gasteiger partial charge in [0.25, 0.3) is 0 Å². The maximum absolute atomic E-state index is 4.22. The lowest BCUT2D eigenvalue weighted by atomic mass is 9.93. The second-order valence-corrected chi connectivity index (χ2v) is 3.82. The lowest BCUT2D eigenvalue weighted by molar-refractivity contribution is 0.600. The lowest BCUT2D eigenvalue weighted by Gasteiger charge is -2.14. The van der Waals surface area contributed by atoms with Gasteiger partial charge in [-0.05, 0) is 12.5 Å². The molecule has 2 heteroatoms. The van der Waals surface area contributed by atoms with Crippen molar-refractivity contribution in [2.24, 2.45) is 4.99 Å². The number of nitrogens with one attached hydrogen (secondary N) is 1. The summed E-state index contributed by atoms with van der Waals surface area (Å²) in [6.07, 6.45) is 1.04. The zero-order chi connectivity index (χ0) is 9.97. The molecule has 0 saturated carbocycles. The molecule has 1 fully saturated rings. The Hall–Kier alpha value is -1.31. The quantitative estimate of drug-likeness (QED) is 0.717. The van der Waals surface area contributed by atoms with Crippen LogP contribution in [0.5, 0.6) is 0 Å². The molecule has 2 atom stereocenters. The zero-order valence-corrected chi connectivity index (χ0v) is 8.70. The van der Waals surface area contributed by atoms with Crippen LogP contribution in [0.25, 0.3) is 0 Å². The molecule has 0 aliphatic carbocycles. The highest BCUT2D eigenvalue weighted by molar-refractivity contribution is 5.85. The molecule has 1 heterocycles. The molecule has 0 spiro atoms. The van der Waals surface area contributed by atoms with Crippen molar-refractivity contribution in [1.82, 2.24) is 5.32 Å². The third-order valence-electron chi connectivity index (χ3n) is 2.91. The number of nitrogens with zero attached hydrogens (tertiary/aromatic N) is 1. The van der Waals surface area contributed by atoms with Gasteiger partial charge in [-0.15, -0.1) is 0 Å². The minimum Gasteiger partial charge on any atom is -0.371 e. The summed E-state index contributed by atoms with van der Waals surface area (Å²) in [5.41, 5.74) is 1.41. The van der Waals surface area contributed by atoms with Gasteiger partial charge in [-0.3, -0.25) is 4.99 Å². The molecule has 1 N–H and O–H groups in total. The molecule has 14 heavy (non-hydrogen) atoms. The van der Waals surface area contributed by atoms with Crippen LogP contribution in [0.1, 0.15) is 24.8 Å². The summed E-state index contributed by atoms with van der Waals surface area (Å²) in [5, 5.41) is 3.40. The van der Waals surface area contributed by atoms with Crippen molar-refractivity contribution in [1.29, 1.82) is 0 Å². The Kier molecular flexibility index (Phi) is 2.53. The molecule has 0 aromatic heterocycles. The van der Waals surface area contributed by atoms with E-state index in [9.17, 15) is 0 Å². The number of rotatable bonds is 1. The first-order valence-corrected chi connectivity index (χ1v) is 5.08. The minimum atomic E-state index is 0.496. The first-order valence-electron chi connectivity index (χ1n) is 5.08. The summed E-state index contributed by atoms with van der Waals surface area (Å²) in [4.78, 5) is 4.22. The van der Waals surface area contributed by atoms with Crippen LogP contribution >= 0.6 is 0 Å². The highest BCUT2D eigenvalue weighted by atomic mass is 15.0. The molecule has 1 aliphatic rings. The fourth-order valence-electron chi connectivity index (χ4n) is 2.07. The second-order valence-electron chi connectivity index (χ2n) is 3.82. The van der Waals surface area contributed by atoms with E-state index in [4.69, 9.17) is 0 Å². The average molecular weight is 188 g/mol. The first-order chi connectivity index (χ1) is 6.81. The van der Waals surface area contributed by atoms with E-state index in [0.717, 1.165) is 12.3 Å². The van der Waals surface area contributed by atoms with E-state index >= 15 is 0 Å². The molecule has 1 aliphatic heterocycles. The Bertz CT molecular complexity index is 329. The van der Waals surface area contributed by atoms with Crippen LogP contribution in [0.4, 0.5) is 0 Å². The minimum absolute atomic E-state index is 0.496. The molecule has 2 unspecified atom stereocenters. The number of aliphatic imine (C=N–C) groups is 1. The van der Waals surface area contributed by atoms with E-state index in [1.54, 1.807) is 0 Å². The maximum atomic E-state index is 4.22.